The van der Waals surface area contributed by atoms with Crippen molar-refractivity contribution in [1.82, 2.24) is 14.8 Å². The molecule has 1 unspecified atom stereocenters. The Kier molecular flexibility index (Phi) is 5.08. The van der Waals surface area contributed by atoms with Crippen LogP contribution < -0.4 is 4.90 Å². The Morgan fingerprint density at radius 3 is 2.72 bits per heavy atom. The van der Waals surface area contributed by atoms with E-state index in [9.17, 15) is 9.59 Å². The van der Waals surface area contributed by atoms with Crippen LogP contribution >= 0.6 is 0 Å². The van der Waals surface area contributed by atoms with E-state index < -0.39 is 0 Å². The highest BCUT2D eigenvalue weighted by Crippen LogP contribution is 2.34. The lowest BCUT2D eigenvalue weighted by Crippen LogP contribution is -2.64. The van der Waals surface area contributed by atoms with E-state index in [4.69, 9.17) is 0 Å². The fourth-order valence-electron chi connectivity index (χ4n) is 4.09. The molecule has 1 spiro atoms. The number of likely N-dealkylation sites (N-methyl/N-ethyl adjacent to an activating group) is 1. The Morgan fingerprint density at radius 2 is 2.08 bits per heavy atom. The number of amides is 2. The van der Waals surface area contributed by atoms with E-state index in [0.29, 0.717) is 19.6 Å². The van der Waals surface area contributed by atoms with Gasteiger partial charge in [-0.2, -0.15) is 0 Å². The number of carbonyl (C=O) groups is 2. The van der Waals surface area contributed by atoms with Gasteiger partial charge in [0, 0.05) is 31.7 Å². The lowest BCUT2D eigenvalue weighted by Gasteiger charge is -2.46. The number of carbonyl (C=O) groups excluding carboxylic acids is 2. The van der Waals surface area contributed by atoms with Crippen LogP contribution in [0.2, 0.25) is 0 Å². The Balaban J connectivity index is 1.79. The Labute approximate surface area is 149 Å². The Bertz CT molecular complexity index is 632. The van der Waals surface area contributed by atoms with Crippen molar-refractivity contribution in [3.63, 3.8) is 0 Å². The van der Waals surface area contributed by atoms with Gasteiger partial charge in [-0.1, -0.05) is 13.8 Å². The van der Waals surface area contributed by atoms with Crippen molar-refractivity contribution in [2.45, 2.75) is 38.6 Å². The summed E-state index contributed by atoms with van der Waals surface area (Å²) in [6.45, 7) is 6.61. The summed E-state index contributed by atoms with van der Waals surface area (Å²) in [5.74, 6) is 0.464. The van der Waals surface area contributed by atoms with Gasteiger partial charge in [0.05, 0.1) is 24.0 Å². The Morgan fingerprint density at radius 1 is 1.32 bits per heavy atom. The first-order valence-corrected chi connectivity index (χ1v) is 9.21. The zero-order chi connectivity index (χ0) is 18.0. The lowest BCUT2D eigenvalue weighted by atomic mass is 9.92. The number of nitrogens with zero attached hydrogens (tertiary/aromatic N) is 4. The van der Waals surface area contributed by atoms with E-state index in [0.717, 1.165) is 31.5 Å². The molecule has 0 aliphatic carbocycles. The molecule has 0 bridgehead atoms. The molecule has 136 valence electrons. The molecule has 25 heavy (non-hydrogen) atoms. The average molecular weight is 344 g/mol. The van der Waals surface area contributed by atoms with Crippen LogP contribution in [-0.2, 0) is 9.59 Å². The SMILES string of the molecule is CCC(CC)C(=O)N1CCC2(C1)CN(c1cccnc1)C(=O)CN2C. The first kappa shape index (κ1) is 17.9. The van der Waals surface area contributed by atoms with Crippen LogP contribution in [0.15, 0.2) is 24.5 Å². The van der Waals surface area contributed by atoms with Gasteiger partial charge in [0.2, 0.25) is 11.8 Å². The van der Waals surface area contributed by atoms with Gasteiger partial charge in [-0.05, 0) is 38.4 Å². The molecule has 0 radical (unpaired) electrons. The topological polar surface area (TPSA) is 56.8 Å². The van der Waals surface area contributed by atoms with Crippen molar-refractivity contribution in [2.24, 2.45) is 5.92 Å². The molecule has 6 heteroatoms. The van der Waals surface area contributed by atoms with Crippen molar-refractivity contribution in [2.75, 3.05) is 38.1 Å². The second-order valence-corrected chi connectivity index (χ2v) is 7.29. The number of pyridine rings is 1. The summed E-state index contributed by atoms with van der Waals surface area (Å²) in [4.78, 5) is 35.4. The molecule has 3 rings (SSSR count). The first-order chi connectivity index (χ1) is 12.0. The molecule has 2 fully saturated rings. The highest BCUT2D eigenvalue weighted by Gasteiger charge is 2.49. The van der Waals surface area contributed by atoms with Gasteiger partial charge < -0.3 is 9.80 Å². The van der Waals surface area contributed by atoms with E-state index in [1.54, 1.807) is 12.4 Å². The zero-order valence-electron chi connectivity index (χ0n) is 15.4. The van der Waals surface area contributed by atoms with Crippen LogP contribution in [0.1, 0.15) is 33.1 Å². The summed E-state index contributed by atoms with van der Waals surface area (Å²) >= 11 is 0. The summed E-state index contributed by atoms with van der Waals surface area (Å²) in [6.07, 6.45) is 6.12. The maximum atomic E-state index is 12.8. The van der Waals surface area contributed by atoms with Gasteiger partial charge in [0.1, 0.15) is 0 Å². The summed E-state index contributed by atoms with van der Waals surface area (Å²) < 4.78 is 0. The average Bonchev–Trinajstić information content (AvgIpc) is 3.05. The van der Waals surface area contributed by atoms with Crippen LogP contribution in [0.25, 0.3) is 0 Å². The number of hydrogen-bond donors (Lipinski definition) is 0. The highest BCUT2D eigenvalue weighted by atomic mass is 16.2. The summed E-state index contributed by atoms with van der Waals surface area (Å²) in [6, 6.07) is 3.77. The quantitative estimate of drug-likeness (QED) is 0.835. The number of rotatable bonds is 4. The van der Waals surface area contributed by atoms with E-state index in [1.165, 1.54) is 0 Å². The maximum Gasteiger partial charge on any atom is 0.241 e. The van der Waals surface area contributed by atoms with E-state index in [1.807, 2.05) is 29.0 Å². The summed E-state index contributed by atoms with van der Waals surface area (Å²) in [7, 11) is 2.00. The normalized spacial score (nSPS) is 24.6. The largest absolute Gasteiger partial charge is 0.340 e. The van der Waals surface area contributed by atoms with Gasteiger partial charge in [-0.25, -0.2) is 0 Å². The molecule has 0 saturated carbocycles. The Hall–Kier alpha value is -1.95. The number of aromatic nitrogens is 1. The lowest BCUT2D eigenvalue weighted by molar-refractivity contribution is -0.135. The molecular weight excluding hydrogens is 316 g/mol. The summed E-state index contributed by atoms with van der Waals surface area (Å²) in [5.41, 5.74) is 0.676. The number of likely N-dealkylation sites (tertiary alicyclic amines) is 1. The number of piperazine rings is 1. The molecule has 2 saturated heterocycles. The second-order valence-electron chi connectivity index (χ2n) is 7.29. The molecule has 6 nitrogen and oxygen atoms in total. The smallest absolute Gasteiger partial charge is 0.241 e. The zero-order valence-corrected chi connectivity index (χ0v) is 15.4. The van der Waals surface area contributed by atoms with Gasteiger partial charge in [-0.3, -0.25) is 19.5 Å². The molecule has 1 aromatic heterocycles. The molecule has 3 heterocycles. The monoisotopic (exact) mass is 344 g/mol. The fraction of sp³-hybridized carbons (Fsp3) is 0.632. The molecule has 1 aromatic rings. The molecule has 2 aliphatic heterocycles. The van der Waals surface area contributed by atoms with Crippen LogP contribution in [0.5, 0.6) is 0 Å². The number of anilines is 1. The fourth-order valence-corrected chi connectivity index (χ4v) is 4.09. The van der Waals surface area contributed by atoms with Crippen LogP contribution in [0.3, 0.4) is 0 Å². The maximum absolute atomic E-state index is 12.8. The van der Waals surface area contributed by atoms with Crippen LogP contribution in [0.4, 0.5) is 5.69 Å². The molecule has 1 atom stereocenters. The standard InChI is InChI=1S/C19H28N4O2/c1-4-15(5-2)18(25)22-10-8-19(13-22)14-23(17(24)12-21(19)3)16-7-6-9-20-11-16/h6-7,9,11,15H,4-5,8,10,12-14H2,1-3H3. The van der Waals surface area contributed by atoms with Crippen LogP contribution in [0, 0.1) is 5.92 Å². The van der Waals surface area contributed by atoms with E-state index >= 15 is 0 Å². The van der Waals surface area contributed by atoms with E-state index in [2.05, 4.69) is 23.7 Å². The van der Waals surface area contributed by atoms with Gasteiger partial charge in [-0.15, -0.1) is 0 Å². The van der Waals surface area contributed by atoms with Gasteiger partial charge >= 0.3 is 0 Å². The predicted octanol–water partition coefficient (Wildman–Crippen LogP) is 1.77. The third kappa shape index (κ3) is 3.27. The van der Waals surface area contributed by atoms with Crippen molar-refractivity contribution in [3.8, 4) is 0 Å². The second kappa shape index (κ2) is 7.12. The molecular formula is C19H28N4O2. The van der Waals surface area contributed by atoms with Crippen molar-refractivity contribution in [3.05, 3.63) is 24.5 Å². The van der Waals surface area contributed by atoms with Crippen molar-refractivity contribution >= 4 is 17.5 Å². The minimum atomic E-state index is -0.161. The summed E-state index contributed by atoms with van der Waals surface area (Å²) in [5, 5.41) is 0. The number of hydrogen-bond acceptors (Lipinski definition) is 4. The molecule has 2 amide bonds. The molecule has 2 aliphatic rings. The first-order valence-electron chi connectivity index (χ1n) is 9.21. The minimum absolute atomic E-state index is 0.0888. The third-order valence-corrected chi connectivity index (χ3v) is 5.87. The molecule has 0 aromatic carbocycles. The highest BCUT2D eigenvalue weighted by molar-refractivity contribution is 5.96. The van der Waals surface area contributed by atoms with Crippen molar-refractivity contribution < 1.29 is 9.59 Å². The van der Waals surface area contributed by atoms with Gasteiger partial charge in [0.25, 0.3) is 0 Å². The van der Waals surface area contributed by atoms with E-state index in [-0.39, 0.29) is 23.3 Å². The van der Waals surface area contributed by atoms with Crippen molar-refractivity contribution in [1.29, 1.82) is 0 Å². The molecule has 0 N–H and O–H groups in total. The van der Waals surface area contributed by atoms with Crippen LogP contribution in [-0.4, -0.2) is 65.4 Å². The van der Waals surface area contributed by atoms with Gasteiger partial charge in [0.15, 0.2) is 0 Å². The third-order valence-electron chi connectivity index (χ3n) is 5.87. The minimum Gasteiger partial charge on any atom is -0.340 e. The predicted molar refractivity (Wildman–Crippen MR) is 97.2 cm³/mol.